The Labute approximate surface area is 172 Å². The highest BCUT2D eigenvalue weighted by molar-refractivity contribution is 6.06. The molecule has 6 nitrogen and oxygen atoms in total. The number of amides is 2. The summed E-state index contributed by atoms with van der Waals surface area (Å²) in [4.78, 5) is 26.1. The molecule has 0 aliphatic heterocycles. The maximum Gasteiger partial charge on any atom is 0.312 e. The molecule has 0 fully saturated rings. The molecule has 0 aliphatic carbocycles. The molecule has 0 saturated heterocycles. The van der Waals surface area contributed by atoms with Gasteiger partial charge < -0.3 is 9.52 Å². The van der Waals surface area contributed by atoms with Crippen LogP contribution >= 0.6 is 0 Å². The fourth-order valence-corrected chi connectivity index (χ4v) is 2.93. The van der Waals surface area contributed by atoms with Crippen LogP contribution in [0.1, 0.15) is 63.9 Å². The van der Waals surface area contributed by atoms with E-state index >= 15 is 0 Å². The Morgan fingerprint density at radius 3 is 2.07 bits per heavy atom. The van der Waals surface area contributed by atoms with Gasteiger partial charge >= 0.3 is 5.91 Å². The van der Waals surface area contributed by atoms with Crippen molar-refractivity contribution in [2.75, 3.05) is 5.01 Å². The van der Waals surface area contributed by atoms with Gasteiger partial charge in [0.05, 0.1) is 12.0 Å². The van der Waals surface area contributed by atoms with Crippen LogP contribution in [0.4, 0.5) is 5.69 Å². The van der Waals surface area contributed by atoms with Crippen LogP contribution in [0.15, 0.2) is 53.1 Å². The predicted molar refractivity (Wildman–Crippen MR) is 113 cm³/mol. The summed E-state index contributed by atoms with van der Waals surface area (Å²) in [6.07, 6.45) is 3.49. The fourth-order valence-electron chi connectivity index (χ4n) is 2.93. The standard InChI is InChI=1S/C23H32N2O4/c1-17(2)12-14-23(28,15-13-18(3)4)22(27)24-25(19-9-6-5-7-10-19)21(26)20-11-8-16-29-20/h5-11,16-18,28H,12-15H2,1-4H3,(H,24,27). The first-order valence-electron chi connectivity index (χ1n) is 10.2. The third-order valence-electron chi connectivity index (χ3n) is 4.86. The summed E-state index contributed by atoms with van der Waals surface area (Å²) < 4.78 is 5.22. The van der Waals surface area contributed by atoms with Crippen molar-refractivity contribution in [3.63, 3.8) is 0 Å². The number of benzene rings is 1. The normalized spacial score (nSPS) is 11.7. The zero-order valence-electron chi connectivity index (χ0n) is 17.7. The van der Waals surface area contributed by atoms with Crippen LogP contribution in [-0.4, -0.2) is 22.5 Å². The van der Waals surface area contributed by atoms with Crippen LogP contribution in [0.5, 0.6) is 0 Å². The van der Waals surface area contributed by atoms with E-state index in [-0.39, 0.29) is 5.76 Å². The van der Waals surface area contributed by atoms with Gasteiger partial charge in [0.25, 0.3) is 5.91 Å². The van der Waals surface area contributed by atoms with Gasteiger partial charge in [-0.25, -0.2) is 5.01 Å². The van der Waals surface area contributed by atoms with Gasteiger partial charge in [0.1, 0.15) is 5.60 Å². The van der Waals surface area contributed by atoms with Crippen molar-refractivity contribution in [1.82, 2.24) is 5.43 Å². The number of aliphatic hydroxyl groups is 1. The SMILES string of the molecule is CC(C)CCC(O)(CCC(C)C)C(=O)NN(C(=O)c1ccco1)c1ccccc1. The van der Waals surface area contributed by atoms with E-state index in [2.05, 4.69) is 33.1 Å². The highest BCUT2D eigenvalue weighted by atomic mass is 16.3. The summed E-state index contributed by atoms with van der Waals surface area (Å²) in [6.45, 7) is 8.21. The van der Waals surface area contributed by atoms with E-state index in [9.17, 15) is 14.7 Å². The average molecular weight is 401 g/mol. The van der Waals surface area contributed by atoms with Crippen LogP contribution in [0.2, 0.25) is 0 Å². The number of hydrogen-bond acceptors (Lipinski definition) is 4. The van der Waals surface area contributed by atoms with Crippen molar-refractivity contribution >= 4 is 17.5 Å². The van der Waals surface area contributed by atoms with Crippen molar-refractivity contribution in [3.05, 3.63) is 54.5 Å². The average Bonchev–Trinajstić information content (AvgIpc) is 3.23. The molecule has 0 spiro atoms. The quantitative estimate of drug-likeness (QED) is 0.605. The molecule has 0 saturated carbocycles. The molecule has 158 valence electrons. The Hall–Kier alpha value is -2.60. The van der Waals surface area contributed by atoms with Gasteiger partial charge in [0, 0.05) is 0 Å². The summed E-state index contributed by atoms with van der Waals surface area (Å²) in [5.41, 5.74) is 1.58. The third kappa shape index (κ3) is 6.46. The van der Waals surface area contributed by atoms with Crippen molar-refractivity contribution in [3.8, 4) is 0 Å². The van der Waals surface area contributed by atoms with Crippen LogP contribution in [-0.2, 0) is 4.79 Å². The number of furan rings is 1. The molecule has 1 heterocycles. The number of carbonyl (C=O) groups excluding carboxylic acids is 2. The van der Waals surface area contributed by atoms with Crippen LogP contribution in [0.3, 0.4) is 0 Å². The first kappa shape index (κ1) is 22.7. The van der Waals surface area contributed by atoms with E-state index in [1.807, 2.05) is 6.07 Å². The lowest BCUT2D eigenvalue weighted by Crippen LogP contribution is -2.55. The molecule has 2 rings (SSSR count). The molecule has 2 N–H and O–H groups in total. The summed E-state index contributed by atoms with van der Waals surface area (Å²) in [5.74, 6) is -0.291. The molecule has 29 heavy (non-hydrogen) atoms. The summed E-state index contributed by atoms with van der Waals surface area (Å²) in [5, 5.41) is 12.3. The fraction of sp³-hybridized carbons (Fsp3) is 0.478. The van der Waals surface area contributed by atoms with Crippen LogP contribution in [0, 0.1) is 11.8 Å². The molecule has 0 unspecified atom stereocenters. The molecule has 6 heteroatoms. The second-order valence-electron chi connectivity index (χ2n) is 8.29. The molecular formula is C23H32N2O4. The van der Waals surface area contributed by atoms with E-state index in [1.54, 1.807) is 30.3 Å². The Morgan fingerprint density at radius 2 is 1.59 bits per heavy atom. The Bertz CT molecular complexity index is 757. The minimum absolute atomic E-state index is 0.0991. The smallest absolute Gasteiger partial charge is 0.312 e. The minimum atomic E-state index is -1.55. The Morgan fingerprint density at radius 1 is 1.00 bits per heavy atom. The lowest BCUT2D eigenvalue weighted by molar-refractivity contribution is -0.142. The predicted octanol–water partition coefficient (Wildman–Crippen LogP) is 4.56. The molecule has 1 aromatic heterocycles. The van der Waals surface area contributed by atoms with Gasteiger partial charge in [-0.1, -0.05) is 45.9 Å². The zero-order valence-corrected chi connectivity index (χ0v) is 17.7. The number of rotatable bonds is 9. The number of nitrogens with zero attached hydrogens (tertiary/aromatic N) is 1. The summed E-state index contributed by atoms with van der Waals surface area (Å²) in [7, 11) is 0. The molecule has 0 atom stereocenters. The van der Waals surface area contributed by atoms with E-state index in [0.29, 0.717) is 43.2 Å². The lowest BCUT2D eigenvalue weighted by atomic mass is 9.86. The van der Waals surface area contributed by atoms with Crippen LogP contribution < -0.4 is 10.4 Å². The number of hydrazine groups is 1. The Kier molecular flexibility index (Phi) is 8.02. The van der Waals surface area contributed by atoms with E-state index in [4.69, 9.17) is 4.42 Å². The topological polar surface area (TPSA) is 82.8 Å². The largest absolute Gasteiger partial charge is 0.459 e. The maximum absolute atomic E-state index is 13.2. The number of anilines is 1. The second-order valence-corrected chi connectivity index (χ2v) is 8.29. The number of carbonyl (C=O) groups is 2. The number of hydrogen-bond donors (Lipinski definition) is 2. The summed E-state index contributed by atoms with van der Waals surface area (Å²) >= 11 is 0. The summed E-state index contributed by atoms with van der Waals surface area (Å²) in [6, 6.07) is 11.9. The number of nitrogens with one attached hydrogen (secondary N) is 1. The first-order chi connectivity index (χ1) is 13.7. The van der Waals surface area contributed by atoms with E-state index in [0.717, 1.165) is 5.01 Å². The highest BCUT2D eigenvalue weighted by Crippen LogP contribution is 2.26. The molecule has 1 aromatic carbocycles. The first-order valence-corrected chi connectivity index (χ1v) is 10.2. The van der Waals surface area contributed by atoms with Crippen molar-refractivity contribution < 1.29 is 19.1 Å². The second kappa shape index (κ2) is 10.3. The molecule has 0 aliphatic rings. The minimum Gasteiger partial charge on any atom is -0.459 e. The molecule has 2 aromatic rings. The van der Waals surface area contributed by atoms with Crippen molar-refractivity contribution in [1.29, 1.82) is 0 Å². The van der Waals surface area contributed by atoms with Gasteiger partial charge in [-0.15, -0.1) is 0 Å². The maximum atomic E-state index is 13.2. The Balaban J connectivity index is 2.28. The van der Waals surface area contributed by atoms with Gasteiger partial charge in [-0.05, 0) is 61.8 Å². The van der Waals surface area contributed by atoms with Gasteiger partial charge in [-0.2, -0.15) is 0 Å². The van der Waals surface area contributed by atoms with Gasteiger partial charge in [-0.3, -0.25) is 15.0 Å². The highest BCUT2D eigenvalue weighted by Gasteiger charge is 2.37. The monoisotopic (exact) mass is 400 g/mol. The molecule has 2 amide bonds. The number of para-hydroxylation sites is 1. The van der Waals surface area contributed by atoms with E-state index < -0.39 is 17.4 Å². The van der Waals surface area contributed by atoms with Crippen LogP contribution in [0.25, 0.3) is 0 Å². The lowest BCUT2D eigenvalue weighted by Gasteiger charge is -2.32. The van der Waals surface area contributed by atoms with Crippen molar-refractivity contribution in [2.24, 2.45) is 11.8 Å². The van der Waals surface area contributed by atoms with Gasteiger partial charge in [0.15, 0.2) is 5.76 Å². The molecular weight excluding hydrogens is 368 g/mol. The van der Waals surface area contributed by atoms with Gasteiger partial charge in [0.2, 0.25) is 0 Å². The van der Waals surface area contributed by atoms with E-state index in [1.165, 1.54) is 12.3 Å². The zero-order chi connectivity index (χ0) is 21.4. The third-order valence-corrected chi connectivity index (χ3v) is 4.86. The van der Waals surface area contributed by atoms with Crippen molar-refractivity contribution in [2.45, 2.75) is 59.0 Å². The molecule has 0 bridgehead atoms. The molecule has 0 radical (unpaired) electrons.